The first-order valence-corrected chi connectivity index (χ1v) is 6.96. The smallest absolute Gasteiger partial charge is 0.228 e. The zero-order valence-electron chi connectivity index (χ0n) is 11.9. The van der Waals surface area contributed by atoms with Gasteiger partial charge in [-0.1, -0.05) is 48.5 Å². The number of amides is 1. The molecule has 0 aliphatic heterocycles. The SMILES string of the molecule is O=C(Cc1nnnn1-c1ccccc1)NCc1ccccc1. The molecule has 0 atom stereocenters. The van der Waals surface area contributed by atoms with E-state index in [4.69, 9.17) is 0 Å². The molecule has 0 aliphatic carbocycles. The van der Waals surface area contributed by atoms with Gasteiger partial charge in [-0.2, -0.15) is 4.68 Å². The molecule has 1 N–H and O–H groups in total. The van der Waals surface area contributed by atoms with Gasteiger partial charge < -0.3 is 5.32 Å². The number of tetrazole rings is 1. The van der Waals surface area contributed by atoms with Crippen molar-refractivity contribution >= 4 is 5.91 Å². The molecule has 0 aliphatic rings. The van der Waals surface area contributed by atoms with Crippen molar-refractivity contribution in [3.63, 3.8) is 0 Å². The topological polar surface area (TPSA) is 72.7 Å². The van der Waals surface area contributed by atoms with Crippen molar-refractivity contribution in [1.29, 1.82) is 0 Å². The second-order valence-electron chi connectivity index (χ2n) is 4.78. The number of para-hydroxylation sites is 1. The Bertz CT molecular complexity index is 739. The number of rotatable bonds is 5. The fourth-order valence-electron chi connectivity index (χ4n) is 2.09. The van der Waals surface area contributed by atoms with Crippen LogP contribution in [0.25, 0.3) is 5.69 Å². The number of nitrogens with zero attached hydrogens (tertiary/aromatic N) is 4. The van der Waals surface area contributed by atoms with E-state index >= 15 is 0 Å². The lowest BCUT2D eigenvalue weighted by molar-refractivity contribution is -0.120. The van der Waals surface area contributed by atoms with E-state index in [1.807, 2.05) is 60.7 Å². The Kier molecular flexibility index (Phi) is 4.20. The van der Waals surface area contributed by atoms with Crippen molar-refractivity contribution in [2.45, 2.75) is 13.0 Å². The summed E-state index contributed by atoms with van der Waals surface area (Å²) in [6.45, 7) is 0.493. The van der Waals surface area contributed by atoms with Crippen LogP contribution in [0.2, 0.25) is 0 Å². The summed E-state index contributed by atoms with van der Waals surface area (Å²) in [7, 11) is 0. The van der Waals surface area contributed by atoms with Crippen molar-refractivity contribution in [3.8, 4) is 5.69 Å². The summed E-state index contributed by atoms with van der Waals surface area (Å²) in [5.41, 5.74) is 1.89. The number of carbonyl (C=O) groups excluding carboxylic acids is 1. The third-order valence-electron chi connectivity index (χ3n) is 3.19. The molecule has 22 heavy (non-hydrogen) atoms. The Morgan fingerprint density at radius 2 is 1.68 bits per heavy atom. The van der Waals surface area contributed by atoms with Gasteiger partial charge in [0.1, 0.15) is 0 Å². The van der Waals surface area contributed by atoms with Crippen LogP contribution in [0, 0.1) is 0 Å². The highest BCUT2D eigenvalue weighted by molar-refractivity contribution is 5.77. The number of aromatic nitrogens is 4. The van der Waals surface area contributed by atoms with E-state index in [1.54, 1.807) is 4.68 Å². The molecule has 6 heteroatoms. The number of hydrogen-bond acceptors (Lipinski definition) is 4. The predicted octanol–water partition coefficient (Wildman–Crippen LogP) is 1.52. The molecular weight excluding hydrogens is 278 g/mol. The Balaban J connectivity index is 1.64. The lowest BCUT2D eigenvalue weighted by Gasteiger charge is -2.06. The van der Waals surface area contributed by atoms with Crippen LogP contribution in [0.4, 0.5) is 0 Å². The molecule has 0 fully saturated rings. The van der Waals surface area contributed by atoms with Crippen LogP contribution < -0.4 is 5.32 Å². The Morgan fingerprint density at radius 1 is 1.00 bits per heavy atom. The molecule has 0 radical (unpaired) electrons. The standard InChI is InChI=1S/C16H15N5O/c22-16(17-12-13-7-3-1-4-8-13)11-15-18-19-20-21(15)14-9-5-2-6-10-14/h1-10H,11-12H2,(H,17,22). The molecule has 3 aromatic rings. The fourth-order valence-corrected chi connectivity index (χ4v) is 2.09. The van der Waals surface area contributed by atoms with Crippen LogP contribution in [0.3, 0.4) is 0 Å². The zero-order chi connectivity index (χ0) is 15.2. The van der Waals surface area contributed by atoms with E-state index in [1.165, 1.54) is 0 Å². The van der Waals surface area contributed by atoms with Crippen LogP contribution in [-0.2, 0) is 17.8 Å². The Labute approximate surface area is 127 Å². The van der Waals surface area contributed by atoms with Gasteiger partial charge in [0.15, 0.2) is 5.82 Å². The van der Waals surface area contributed by atoms with Gasteiger partial charge in [-0.25, -0.2) is 0 Å². The average Bonchev–Trinajstić information content (AvgIpc) is 3.03. The van der Waals surface area contributed by atoms with Crippen LogP contribution in [0.15, 0.2) is 60.7 Å². The highest BCUT2D eigenvalue weighted by atomic mass is 16.1. The molecule has 1 aromatic heterocycles. The first-order chi connectivity index (χ1) is 10.8. The highest BCUT2D eigenvalue weighted by Gasteiger charge is 2.12. The monoisotopic (exact) mass is 293 g/mol. The molecule has 0 saturated carbocycles. The fraction of sp³-hybridized carbons (Fsp3) is 0.125. The third-order valence-corrected chi connectivity index (χ3v) is 3.19. The second kappa shape index (κ2) is 6.62. The Morgan fingerprint density at radius 3 is 2.41 bits per heavy atom. The van der Waals surface area contributed by atoms with Crippen molar-refractivity contribution in [2.24, 2.45) is 0 Å². The van der Waals surface area contributed by atoms with Crippen molar-refractivity contribution in [2.75, 3.05) is 0 Å². The minimum atomic E-state index is -0.115. The van der Waals surface area contributed by atoms with Crippen molar-refractivity contribution in [3.05, 3.63) is 72.1 Å². The second-order valence-corrected chi connectivity index (χ2v) is 4.78. The van der Waals surface area contributed by atoms with E-state index < -0.39 is 0 Å². The third kappa shape index (κ3) is 3.35. The molecule has 2 aromatic carbocycles. The van der Waals surface area contributed by atoms with Crippen molar-refractivity contribution < 1.29 is 4.79 Å². The highest BCUT2D eigenvalue weighted by Crippen LogP contribution is 2.07. The number of nitrogens with one attached hydrogen (secondary N) is 1. The average molecular weight is 293 g/mol. The van der Waals surface area contributed by atoms with Crippen LogP contribution in [0.1, 0.15) is 11.4 Å². The molecule has 0 unspecified atom stereocenters. The molecule has 6 nitrogen and oxygen atoms in total. The first-order valence-electron chi connectivity index (χ1n) is 6.96. The molecule has 3 rings (SSSR count). The van der Waals surface area contributed by atoms with Gasteiger partial charge in [0.25, 0.3) is 0 Å². The van der Waals surface area contributed by atoms with Gasteiger partial charge in [-0.05, 0) is 28.1 Å². The van der Waals surface area contributed by atoms with E-state index in [0.717, 1.165) is 11.3 Å². The number of benzene rings is 2. The molecule has 0 bridgehead atoms. The van der Waals surface area contributed by atoms with Crippen LogP contribution in [-0.4, -0.2) is 26.1 Å². The summed E-state index contributed by atoms with van der Waals surface area (Å²) in [6.07, 6.45) is 0.134. The van der Waals surface area contributed by atoms with Gasteiger partial charge in [-0.15, -0.1) is 5.10 Å². The normalized spacial score (nSPS) is 10.4. The van der Waals surface area contributed by atoms with Crippen molar-refractivity contribution in [1.82, 2.24) is 25.5 Å². The molecular formula is C16H15N5O. The summed E-state index contributed by atoms with van der Waals surface area (Å²) >= 11 is 0. The van der Waals surface area contributed by atoms with Gasteiger partial charge >= 0.3 is 0 Å². The molecule has 1 heterocycles. The maximum absolute atomic E-state index is 12.0. The maximum Gasteiger partial charge on any atom is 0.228 e. The van der Waals surface area contributed by atoms with E-state index in [9.17, 15) is 4.79 Å². The lowest BCUT2D eigenvalue weighted by Crippen LogP contribution is -2.26. The van der Waals surface area contributed by atoms with Gasteiger partial charge in [-0.3, -0.25) is 4.79 Å². The van der Waals surface area contributed by atoms with Crippen LogP contribution in [0.5, 0.6) is 0 Å². The number of hydrogen-bond donors (Lipinski definition) is 1. The molecule has 1 amide bonds. The Hall–Kier alpha value is -3.02. The van der Waals surface area contributed by atoms with E-state index in [-0.39, 0.29) is 12.3 Å². The van der Waals surface area contributed by atoms with Gasteiger partial charge in [0.2, 0.25) is 5.91 Å². The number of carbonyl (C=O) groups is 1. The minimum Gasteiger partial charge on any atom is -0.352 e. The predicted molar refractivity (Wildman–Crippen MR) is 81.1 cm³/mol. The summed E-state index contributed by atoms with van der Waals surface area (Å²) in [5, 5.41) is 14.4. The summed E-state index contributed by atoms with van der Waals surface area (Å²) in [4.78, 5) is 12.0. The van der Waals surface area contributed by atoms with E-state index in [0.29, 0.717) is 12.4 Å². The quantitative estimate of drug-likeness (QED) is 0.774. The molecule has 110 valence electrons. The van der Waals surface area contributed by atoms with Gasteiger partial charge in [0.05, 0.1) is 12.1 Å². The summed E-state index contributed by atoms with van der Waals surface area (Å²) in [5.74, 6) is 0.396. The van der Waals surface area contributed by atoms with E-state index in [2.05, 4.69) is 20.8 Å². The minimum absolute atomic E-state index is 0.115. The largest absolute Gasteiger partial charge is 0.352 e. The van der Waals surface area contributed by atoms with Crippen LogP contribution >= 0.6 is 0 Å². The maximum atomic E-state index is 12.0. The zero-order valence-corrected chi connectivity index (χ0v) is 11.9. The van der Waals surface area contributed by atoms with Gasteiger partial charge in [0, 0.05) is 6.54 Å². The summed E-state index contributed by atoms with van der Waals surface area (Å²) < 4.78 is 1.57. The molecule has 0 saturated heterocycles. The lowest BCUT2D eigenvalue weighted by atomic mass is 10.2. The summed E-state index contributed by atoms with van der Waals surface area (Å²) in [6, 6.07) is 19.3. The first kappa shape index (κ1) is 13.9. The molecule has 0 spiro atoms.